The van der Waals surface area contributed by atoms with Crippen molar-refractivity contribution in [2.75, 3.05) is 23.0 Å². The summed E-state index contributed by atoms with van der Waals surface area (Å²) < 4.78 is 23.8. The molecule has 4 heterocycles. The number of benzene rings is 16. The fourth-order valence-electron chi connectivity index (χ4n) is 16.5. The number of nitrogens with zero attached hydrogens (tertiary/aromatic N) is 4. The van der Waals surface area contributed by atoms with Gasteiger partial charge in [0.25, 0.3) is 0 Å². The van der Waals surface area contributed by atoms with Crippen molar-refractivity contribution in [1.29, 1.82) is 0 Å². The summed E-state index contributed by atoms with van der Waals surface area (Å²) in [6.07, 6.45) is 3.93. The molecular formula is C100H74N4O2S2. The summed E-state index contributed by atoms with van der Waals surface area (Å²) in [7, 11) is 0. The Morgan fingerprint density at radius 1 is 0.259 bits per heavy atom. The molecule has 6 nitrogen and oxygen atoms in total. The minimum atomic E-state index is 0.604. The van der Waals surface area contributed by atoms with Crippen molar-refractivity contribution in [2.45, 2.75) is 39.5 Å². The maximum absolute atomic E-state index is 6.95. The summed E-state index contributed by atoms with van der Waals surface area (Å²) in [5.74, 6) is 1.70. The third-order valence-corrected chi connectivity index (χ3v) is 24.0. The van der Waals surface area contributed by atoms with Crippen molar-refractivity contribution in [3.8, 4) is 56.3 Å². The second kappa shape index (κ2) is 27.3. The van der Waals surface area contributed by atoms with Gasteiger partial charge in [-0.15, -0.1) is 22.7 Å². The fraction of sp³-hybridized carbons (Fsp3) is 0.0800. The molecule has 0 fully saturated rings. The van der Waals surface area contributed by atoms with Crippen molar-refractivity contribution in [1.82, 2.24) is 9.13 Å². The molecule has 0 aliphatic carbocycles. The lowest BCUT2D eigenvalue weighted by Crippen LogP contribution is -2.10. The summed E-state index contributed by atoms with van der Waals surface area (Å²) in [6, 6.07) is 125. The van der Waals surface area contributed by atoms with Gasteiger partial charge in [0.2, 0.25) is 0 Å². The number of anilines is 6. The summed E-state index contributed by atoms with van der Waals surface area (Å²) >= 11 is 3.70. The van der Waals surface area contributed by atoms with E-state index >= 15 is 0 Å². The van der Waals surface area contributed by atoms with Crippen LogP contribution in [0.5, 0.6) is 11.5 Å². The number of rotatable bonds is 19. The highest BCUT2D eigenvalue weighted by molar-refractivity contribution is 7.26. The van der Waals surface area contributed by atoms with E-state index < -0.39 is 0 Å². The molecule has 0 radical (unpaired) electrons. The number of unbranched alkanes of at least 4 members (excludes halogenated alkanes) is 2. The van der Waals surface area contributed by atoms with Crippen molar-refractivity contribution < 1.29 is 9.47 Å². The van der Waals surface area contributed by atoms with E-state index in [-0.39, 0.29) is 0 Å². The fourth-order valence-corrected chi connectivity index (χ4v) is 18.8. The second-order valence-electron chi connectivity index (χ2n) is 28.3. The van der Waals surface area contributed by atoms with E-state index in [0.29, 0.717) is 13.2 Å². The van der Waals surface area contributed by atoms with Crippen molar-refractivity contribution in [3.63, 3.8) is 0 Å². The number of para-hydroxylation sites is 4. The number of hydrogen-bond acceptors (Lipinski definition) is 6. The zero-order chi connectivity index (χ0) is 71.8. The summed E-state index contributed by atoms with van der Waals surface area (Å²) in [5, 5.41) is 14.6. The molecule has 518 valence electrons. The summed E-state index contributed by atoms with van der Waals surface area (Å²) in [5.41, 5.74) is 20.0. The molecule has 20 aromatic rings. The maximum atomic E-state index is 6.95. The predicted octanol–water partition coefficient (Wildman–Crippen LogP) is 29.2. The SMILES string of the molecule is CCCCOc1ccc2cc(-c3cccc(N(c4ccc(-n5c6ccccc6c6ccccc65)cc4)c4ccc5c(c4)sc4ccccc45)c3)ccc2c1-c1c(OCCCC)ccc2cc(-c3cccc(N(c4ccc(-n5c6ccccc6c6ccccc65)cc4)c4ccc5c(c4)sc4ccccc45)c3)ccc12. The van der Waals surface area contributed by atoms with Crippen LogP contribution in [-0.4, -0.2) is 22.3 Å². The highest BCUT2D eigenvalue weighted by atomic mass is 32.1. The Morgan fingerprint density at radius 2 is 0.593 bits per heavy atom. The molecule has 0 amide bonds. The van der Waals surface area contributed by atoms with Crippen LogP contribution in [0, 0.1) is 0 Å². The van der Waals surface area contributed by atoms with Crippen LogP contribution in [0.2, 0.25) is 0 Å². The average Bonchev–Trinajstić information content (AvgIpc) is 0.810. The van der Waals surface area contributed by atoms with Gasteiger partial charge in [-0.25, -0.2) is 0 Å². The Hall–Kier alpha value is -12.7. The van der Waals surface area contributed by atoms with E-state index in [1.807, 2.05) is 22.7 Å². The molecule has 8 heteroatoms. The lowest BCUT2D eigenvalue weighted by molar-refractivity contribution is 0.306. The van der Waals surface area contributed by atoms with Gasteiger partial charge in [-0.1, -0.05) is 209 Å². The number of thiophene rings is 2. The largest absolute Gasteiger partial charge is 0.493 e. The summed E-state index contributed by atoms with van der Waals surface area (Å²) in [4.78, 5) is 4.84. The molecule has 0 unspecified atom stereocenters. The van der Waals surface area contributed by atoms with E-state index in [4.69, 9.17) is 9.47 Å². The zero-order valence-corrected chi connectivity index (χ0v) is 61.6. The number of fused-ring (bicyclic) bond motifs is 14. The highest BCUT2D eigenvalue weighted by Gasteiger charge is 2.24. The molecule has 0 aliphatic heterocycles. The molecular weight excluding hydrogens is 1350 g/mol. The first-order chi connectivity index (χ1) is 53.5. The third kappa shape index (κ3) is 11.3. The topological polar surface area (TPSA) is 34.8 Å². The van der Waals surface area contributed by atoms with Gasteiger partial charge >= 0.3 is 0 Å². The Morgan fingerprint density at radius 3 is 0.991 bits per heavy atom. The van der Waals surface area contributed by atoms with E-state index in [9.17, 15) is 0 Å². The van der Waals surface area contributed by atoms with Crippen LogP contribution < -0.4 is 19.3 Å². The van der Waals surface area contributed by atoms with Crippen LogP contribution in [0.1, 0.15) is 39.5 Å². The van der Waals surface area contributed by atoms with Gasteiger partial charge in [0.1, 0.15) is 11.5 Å². The van der Waals surface area contributed by atoms with Gasteiger partial charge in [-0.2, -0.15) is 0 Å². The first-order valence-corrected chi connectivity index (χ1v) is 39.3. The lowest BCUT2D eigenvalue weighted by Gasteiger charge is -2.26. The molecule has 0 spiro atoms. The predicted molar refractivity (Wildman–Crippen MR) is 462 cm³/mol. The number of aromatic nitrogens is 2. The average molecular weight is 1430 g/mol. The Labute approximate surface area is 635 Å². The number of hydrogen-bond donors (Lipinski definition) is 0. The molecule has 0 aliphatic rings. The Kier molecular flexibility index (Phi) is 16.4. The van der Waals surface area contributed by atoms with Crippen LogP contribution in [0.4, 0.5) is 34.1 Å². The summed E-state index contributed by atoms with van der Waals surface area (Å²) in [6.45, 7) is 5.65. The normalized spacial score (nSPS) is 11.8. The van der Waals surface area contributed by atoms with E-state index in [1.165, 1.54) is 84.0 Å². The van der Waals surface area contributed by atoms with Gasteiger partial charge in [-0.05, 0) is 214 Å². The first-order valence-electron chi connectivity index (χ1n) is 37.7. The van der Waals surface area contributed by atoms with E-state index in [2.05, 4.69) is 372 Å². The van der Waals surface area contributed by atoms with Crippen molar-refractivity contribution >= 4 is 162 Å². The van der Waals surface area contributed by atoms with Crippen LogP contribution in [0.15, 0.2) is 340 Å². The van der Waals surface area contributed by atoms with Crippen LogP contribution in [0.25, 0.3) is 150 Å². The minimum Gasteiger partial charge on any atom is -0.493 e. The van der Waals surface area contributed by atoms with Crippen molar-refractivity contribution in [2.24, 2.45) is 0 Å². The molecule has 0 atom stereocenters. The molecule has 0 saturated carbocycles. The molecule has 108 heavy (non-hydrogen) atoms. The molecule has 0 N–H and O–H groups in total. The Bertz CT molecular complexity index is 6360. The molecule has 16 aromatic carbocycles. The zero-order valence-electron chi connectivity index (χ0n) is 60.0. The second-order valence-corrected chi connectivity index (χ2v) is 30.4. The molecule has 0 bridgehead atoms. The van der Waals surface area contributed by atoms with Crippen molar-refractivity contribution in [3.05, 3.63) is 340 Å². The van der Waals surface area contributed by atoms with Gasteiger partial charge < -0.3 is 28.4 Å². The van der Waals surface area contributed by atoms with E-state index in [1.54, 1.807) is 0 Å². The van der Waals surface area contributed by atoms with Crippen LogP contribution in [0.3, 0.4) is 0 Å². The third-order valence-electron chi connectivity index (χ3n) is 21.7. The smallest absolute Gasteiger partial charge is 0.127 e. The van der Waals surface area contributed by atoms with Gasteiger partial charge in [-0.3, -0.25) is 0 Å². The van der Waals surface area contributed by atoms with Gasteiger partial charge in [0.05, 0.1) is 35.3 Å². The molecule has 0 saturated heterocycles. The lowest BCUT2D eigenvalue weighted by atomic mass is 9.89. The molecule has 4 aromatic heterocycles. The molecule has 20 rings (SSSR count). The monoisotopic (exact) mass is 1430 g/mol. The van der Waals surface area contributed by atoms with E-state index in [0.717, 1.165) is 138 Å². The van der Waals surface area contributed by atoms with Crippen LogP contribution >= 0.6 is 22.7 Å². The van der Waals surface area contributed by atoms with Crippen LogP contribution in [-0.2, 0) is 0 Å². The Balaban J connectivity index is 0.684. The standard InChI is InChI=1S/C100H74N4O2S2/c1-3-5-57-105-93-55-39-69-59-67(65-21-19-23-75(61-65)101(77-49-53-87-85-29-11-17-35-95(85)107-97(87)63-77)71-41-45-73(46-42-71)103-89-31-13-7-25-81(89)82-26-8-14-32-90(82)103)37-51-79(69)99(93)100-80-52-38-68(60-70(80)40-56-94(100)106-58-6-4-2)66-22-20-24-76(62-66)102(78-50-54-88-86-30-12-18-36-96(86)108-98(88)64-78)72-43-47-74(48-44-72)104-91-33-15-9-27-83(91)84-28-10-16-34-92(84)104/h7-56,59-64H,3-6,57-58H2,1-2H3. The quantitative estimate of drug-likeness (QED) is 0.0756. The number of ether oxygens (including phenoxy) is 2. The highest BCUT2D eigenvalue weighted by Crippen LogP contribution is 2.50. The first kappa shape index (κ1) is 64.8. The minimum absolute atomic E-state index is 0.604. The maximum Gasteiger partial charge on any atom is 0.127 e. The van der Waals surface area contributed by atoms with Gasteiger partial charge in [0, 0.05) is 119 Å². The van der Waals surface area contributed by atoms with Gasteiger partial charge in [0.15, 0.2) is 0 Å².